The summed E-state index contributed by atoms with van der Waals surface area (Å²) in [5.74, 6) is 3.71. The van der Waals surface area contributed by atoms with Crippen LogP contribution in [0.1, 0.15) is 46.0 Å². The van der Waals surface area contributed by atoms with Gasteiger partial charge in [-0.3, -0.25) is 0 Å². The van der Waals surface area contributed by atoms with Gasteiger partial charge in [0.05, 0.1) is 0 Å². The van der Waals surface area contributed by atoms with E-state index in [1.807, 2.05) is 0 Å². The lowest BCUT2D eigenvalue weighted by Crippen LogP contribution is -2.16. The number of rotatable bonds is 1. The summed E-state index contributed by atoms with van der Waals surface area (Å²) in [5.41, 5.74) is 3.58. The van der Waals surface area contributed by atoms with Crippen LogP contribution >= 0.6 is 0 Å². The van der Waals surface area contributed by atoms with E-state index in [1.54, 1.807) is 11.1 Å². The lowest BCUT2D eigenvalue weighted by Gasteiger charge is -2.26. The van der Waals surface area contributed by atoms with Gasteiger partial charge < -0.3 is 0 Å². The van der Waals surface area contributed by atoms with Gasteiger partial charge in [-0.2, -0.15) is 0 Å². The second-order valence-electron chi connectivity index (χ2n) is 5.74. The third-order valence-corrected chi connectivity index (χ3v) is 5.04. The molecule has 4 atom stereocenters. The van der Waals surface area contributed by atoms with Crippen LogP contribution in [0.2, 0.25) is 0 Å². The zero-order valence-corrected chi connectivity index (χ0v) is 10.00. The van der Waals surface area contributed by atoms with Crippen molar-refractivity contribution in [1.29, 1.82) is 0 Å². The maximum Gasteiger partial charge on any atom is -0.0129 e. The molecule has 3 rings (SSSR count). The molecule has 15 heavy (non-hydrogen) atoms. The fraction of sp³-hybridized carbons (Fsp3) is 0.733. The van der Waals surface area contributed by atoms with Crippen LogP contribution in [0.3, 0.4) is 0 Å². The Hall–Kier alpha value is -0.520. The van der Waals surface area contributed by atoms with E-state index in [0.717, 1.165) is 23.7 Å². The lowest BCUT2D eigenvalue weighted by molar-refractivity contribution is 0.403. The summed E-state index contributed by atoms with van der Waals surface area (Å²) in [6, 6.07) is 0. The highest BCUT2D eigenvalue weighted by atomic mass is 14.5. The Labute approximate surface area is 93.5 Å². The van der Waals surface area contributed by atoms with Crippen LogP contribution < -0.4 is 0 Å². The van der Waals surface area contributed by atoms with E-state index in [1.165, 1.54) is 32.1 Å². The number of hydrogen-bond donors (Lipinski definition) is 0. The average molecular weight is 202 g/mol. The molecule has 0 heteroatoms. The minimum absolute atomic E-state index is 0.897. The highest BCUT2D eigenvalue weighted by molar-refractivity contribution is 5.35. The highest BCUT2D eigenvalue weighted by Crippen LogP contribution is 2.53. The summed E-state index contributed by atoms with van der Waals surface area (Å²) in [6.45, 7) is 4.82. The molecule has 82 valence electrons. The van der Waals surface area contributed by atoms with Gasteiger partial charge in [-0.15, -0.1) is 0 Å². The molecule has 0 aliphatic heterocycles. The Kier molecular flexibility index (Phi) is 2.26. The van der Waals surface area contributed by atoms with Crippen LogP contribution in [0.15, 0.2) is 23.3 Å². The Balaban J connectivity index is 1.94. The molecule has 3 aliphatic rings. The van der Waals surface area contributed by atoms with Gasteiger partial charge in [0.25, 0.3) is 0 Å². The average Bonchev–Trinajstić information content (AvgIpc) is 2.79. The van der Waals surface area contributed by atoms with E-state index in [0.29, 0.717) is 0 Å². The van der Waals surface area contributed by atoms with E-state index in [9.17, 15) is 0 Å². The minimum atomic E-state index is 0.897. The predicted molar refractivity (Wildman–Crippen MR) is 64.6 cm³/mol. The first-order valence-electron chi connectivity index (χ1n) is 6.71. The molecular weight excluding hydrogens is 180 g/mol. The molecule has 2 saturated carbocycles. The summed E-state index contributed by atoms with van der Waals surface area (Å²) in [4.78, 5) is 0. The maximum atomic E-state index is 2.49. The van der Waals surface area contributed by atoms with Crippen molar-refractivity contribution >= 4 is 0 Å². The molecule has 0 spiro atoms. The van der Waals surface area contributed by atoms with Crippen LogP contribution in [0.4, 0.5) is 0 Å². The van der Waals surface area contributed by atoms with Crippen molar-refractivity contribution < 1.29 is 0 Å². The molecule has 0 nitrogen and oxygen atoms in total. The van der Waals surface area contributed by atoms with E-state index >= 15 is 0 Å². The van der Waals surface area contributed by atoms with Crippen LogP contribution in [0.5, 0.6) is 0 Å². The zero-order valence-electron chi connectivity index (χ0n) is 10.00. The molecule has 2 fully saturated rings. The summed E-state index contributed by atoms with van der Waals surface area (Å²) >= 11 is 0. The molecule has 0 radical (unpaired) electrons. The van der Waals surface area contributed by atoms with Crippen LogP contribution in [-0.4, -0.2) is 0 Å². The van der Waals surface area contributed by atoms with Gasteiger partial charge in [0.2, 0.25) is 0 Å². The second kappa shape index (κ2) is 3.50. The quantitative estimate of drug-likeness (QED) is 0.593. The fourth-order valence-corrected chi connectivity index (χ4v) is 4.35. The van der Waals surface area contributed by atoms with Crippen molar-refractivity contribution in [2.45, 2.75) is 46.0 Å². The van der Waals surface area contributed by atoms with Crippen LogP contribution in [0, 0.1) is 23.7 Å². The number of fused-ring (bicyclic) bond motifs is 3. The minimum Gasteiger partial charge on any atom is -0.0665 e. The lowest BCUT2D eigenvalue weighted by atomic mass is 9.78. The Morgan fingerprint density at radius 1 is 1.27 bits per heavy atom. The van der Waals surface area contributed by atoms with Gasteiger partial charge >= 0.3 is 0 Å². The Bertz CT molecular complexity index is 321. The first-order chi connectivity index (χ1) is 7.31. The summed E-state index contributed by atoms with van der Waals surface area (Å²) in [6.07, 6.45) is 12.1. The van der Waals surface area contributed by atoms with Crippen molar-refractivity contribution in [3.05, 3.63) is 23.3 Å². The van der Waals surface area contributed by atoms with Crippen molar-refractivity contribution in [1.82, 2.24) is 0 Å². The first-order valence-corrected chi connectivity index (χ1v) is 6.71. The maximum absolute atomic E-state index is 2.49. The molecular formula is C15H22. The van der Waals surface area contributed by atoms with Crippen molar-refractivity contribution in [3.8, 4) is 0 Å². The normalized spacial score (nSPS) is 43.3. The predicted octanol–water partition coefficient (Wildman–Crippen LogP) is 4.34. The van der Waals surface area contributed by atoms with Gasteiger partial charge in [-0.25, -0.2) is 0 Å². The zero-order chi connectivity index (χ0) is 10.4. The van der Waals surface area contributed by atoms with Gasteiger partial charge in [0.15, 0.2) is 0 Å². The molecule has 0 aromatic carbocycles. The Morgan fingerprint density at radius 3 is 2.93 bits per heavy atom. The van der Waals surface area contributed by atoms with Gasteiger partial charge in [0, 0.05) is 0 Å². The topological polar surface area (TPSA) is 0 Å². The first kappa shape index (κ1) is 9.69. The number of allylic oxidation sites excluding steroid dienone is 4. The molecule has 0 heterocycles. The molecule has 0 aromatic heterocycles. The smallest absolute Gasteiger partial charge is 0.0129 e. The summed E-state index contributed by atoms with van der Waals surface area (Å²) < 4.78 is 0. The van der Waals surface area contributed by atoms with E-state index in [-0.39, 0.29) is 0 Å². The second-order valence-corrected chi connectivity index (χ2v) is 5.74. The molecule has 0 aromatic rings. The highest BCUT2D eigenvalue weighted by Gasteiger charge is 2.42. The molecule has 0 unspecified atom stereocenters. The third kappa shape index (κ3) is 1.33. The molecule has 0 bridgehead atoms. The summed E-state index contributed by atoms with van der Waals surface area (Å²) in [5, 5.41) is 0. The largest absolute Gasteiger partial charge is 0.0665 e. The SMILES string of the molecule is CC[C@H]1C2=CC=C3CCC[C@H]3[C@@H]2C[C@H]1C. The van der Waals surface area contributed by atoms with E-state index in [4.69, 9.17) is 0 Å². The van der Waals surface area contributed by atoms with Crippen LogP contribution in [-0.2, 0) is 0 Å². The Morgan fingerprint density at radius 2 is 2.13 bits per heavy atom. The van der Waals surface area contributed by atoms with Crippen molar-refractivity contribution in [2.75, 3.05) is 0 Å². The molecule has 0 saturated heterocycles. The molecule has 0 N–H and O–H groups in total. The van der Waals surface area contributed by atoms with Gasteiger partial charge in [-0.05, 0) is 55.8 Å². The monoisotopic (exact) mass is 202 g/mol. The van der Waals surface area contributed by atoms with E-state index in [2.05, 4.69) is 26.0 Å². The van der Waals surface area contributed by atoms with Crippen LogP contribution in [0.25, 0.3) is 0 Å². The molecule has 3 aliphatic carbocycles. The fourth-order valence-electron chi connectivity index (χ4n) is 4.35. The van der Waals surface area contributed by atoms with Gasteiger partial charge in [0.1, 0.15) is 0 Å². The van der Waals surface area contributed by atoms with Crippen molar-refractivity contribution in [3.63, 3.8) is 0 Å². The van der Waals surface area contributed by atoms with Crippen molar-refractivity contribution in [2.24, 2.45) is 23.7 Å². The standard InChI is InChI=1S/C15H22/c1-3-12-10(2)9-15-13-6-4-5-11(13)7-8-14(12)15/h7-8,10,12-13,15H,3-6,9H2,1-2H3/t10-,12-,13-,15+/m1/s1. The molecule has 0 amide bonds. The summed E-state index contributed by atoms with van der Waals surface area (Å²) in [7, 11) is 0. The third-order valence-electron chi connectivity index (χ3n) is 5.04. The number of hydrogen-bond acceptors (Lipinski definition) is 0. The van der Waals surface area contributed by atoms with E-state index < -0.39 is 0 Å². The van der Waals surface area contributed by atoms with Gasteiger partial charge in [-0.1, -0.05) is 37.1 Å².